The van der Waals surface area contributed by atoms with E-state index in [1.165, 1.54) is 6.07 Å². The van der Waals surface area contributed by atoms with Crippen LogP contribution in [0.3, 0.4) is 0 Å². The molecule has 0 spiro atoms. The van der Waals surface area contributed by atoms with Gasteiger partial charge in [-0.25, -0.2) is 4.79 Å². The zero-order valence-electron chi connectivity index (χ0n) is 11.6. The Kier molecular flexibility index (Phi) is 4.14. The van der Waals surface area contributed by atoms with E-state index >= 15 is 0 Å². The number of benzene rings is 2. The van der Waals surface area contributed by atoms with Crippen molar-refractivity contribution < 1.29 is 14.6 Å². The molecule has 1 aliphatic rings. The summed E-state index contributed by atoms with van der Waals surface area (Å²) in [4.78, 5) is 13.4. The highest BCUT2D eigenvalue weighted by Crippen LogP contribution is 2.38. The Hall–Kier alpha value is -1.91. The smallest absolute Gasteiger partial charge is 0.339 e. The second-order valence-electron chi connectivity index (χ2n) is 4.97. The molecule has 0 unspecified atom stereocenters. The lowest BCUT2D eigenvalue weighted by Gasteiger charge is -2.32. The van der Waals surface area contributed by atoms with Crippen LogP contribution in [0, 0.1) is 0 Å². The zero-order chi connectivity index (χ0) is 15.7. The number of carboxylic acids is 1. The summed E-state index contributed by atoms with van der Waals surface area (Å²) in [6.07, 6.45) is 0. The van der Waals surface area contributed by atoms with Crippen molar-refractivity contribution in [1.82, 2.24) is 0 Å². The highest BCUT2D eigenvalue weighted by atomic mass is 35.5. The molecule has 0 aromatic heterocycles. The quantitative estimate of drug-likeness (QED) is 0.916. The number of hydrogen-bond donors (Lipinski definition) is 1. The largest absolute Gasteiger partial charge is 0.489 e. The lowest BCUT2D eigenvalue weighted by atomic mass is 10.1. The summed E-state index contributed by atoms with van der Waals surface area (Å²) < 4.78 is 5.55. The van der Waals surface area contributed by atoms with E-state index in [0.29, 0.717) is 41.2 Å². The molecule has 0 fully saturated rings. The number of hydrogen-bond acceptors (Lipinski definition) is 3. The molecule has 0 saturated heterocycles. The van der Waals surface area contributed by atoms with Gasteiger partial charge in [0.1, 0.15) is 12.2 Å². The van der Waals surface area contributed by atoms with Crippen LogP contribution in [0.25, 0.3) is 0 Å². The molecule has 1 heterocycles. The number of carbonyl (C=O) groups is 1. The molecule has 22 heavy (non-hydrogen) atoms. The van der Waals surface area contributed by atoms with Crippen LogP contribution in [0.1, 0.15) is 15.9 Å². The lowest BCUT2D eigenvalue weighted by Crippen LogP contribution is -2.33. The topological polar surface area (TPSA) is 49.8 Å². The fraction of sp³-hybridized carbons (Fsp3) is 0.188. The molecule has 6 heteroatoms. The highest BCUT2D eigenvalue weighted by Gasteiger charge is 2.25. The molecule has 2 aromatic rings. The van der Waals surface area contributed by atoms with Gasteiger partial charge in [-0.15, -0.1) is 0 Å². The monoisotopic (exact) mass is 337 g/mol. The van der Waals surface area contributed by atoms with Gasteiger partial charge >= 0.3 is 5.97 Å². The molecule has 0 bridgehead atoms. The maximum Gasteiger partial charge on any atom is 0.339 e. The Morgan fingerprint density at radius 3 is 2.77 bits per heavy atom. The van der Waals surface area contributed by atoms with Crippen molar-refractivity contribution >= 4 is 34.9 Å². The van der Waals surface area contributed by atoms with Crippen molar-refractivity contribution in [2.24, 2.45) is 0 Å². The van der Waals surface area contributed by atoms with Gasteiger partial charge in [0, 0.05) is 16.6 Å². The van der Waals surface area contributed by atoms with Crippen molar-refractivity contribution in [2.75, 3.05) is 18.1 Å². The van der Waals surface area contributed by atoms with E-state index in [-0.39, 0.29) is 5.56 Å². The lowest BCUT2D eigenvalue weighted by molar-refractivity contribution is 0.0692. The molecule has 0 atom stereocenters. The second-order valence-corrected chi connectivity index (χ2v) is 5.81. The minimum atomic E-state index is -1.06. The molecule has 114 valence electrons. The molecule has 1 aliphatic heterocycles. The van der Waals surface area contributed by atoms with Gasteiger partial charge < -0.3 is 14.7 Å². The highest BCUT2D eigenvalue weighted by molar-refractivity contribution is 6.31. The van der Waals surface area contributed by atoms with Crippen molar-refractivity contribution in [3.8, 4) is 5.75 Å². The molecule has 4 nitrogen and oxygen atoms in total. The number of nitrogens with zero attached hydrogens (tertiary/aromatic N) is 1. The number of ether oxygens (including phenoxy) is 1. The predicted octanol–water partition coefficient (Wildman–Crippen LogP) is 4.09. The van der Waals surface area contributed by atoms with Crippen LogP contribution in [0.2, 0.25) is 10.0 Å². The van der Waals surface area contributed by atoms with E-state index in [4.69, 9.17) is 27.9 Å². The Morgan fingerprint density at radius 2 is 2.05 bits per heavy atom. The number of fused-ring (bicyclic) bond motifs is 1. The molecular weight excluding hydrogens is 325 g/mol. The van der Waals surface area contributed by atoms with E-state index in [0.717, 1.165) is 5.56 Å². The summed E-state index contributed by atoms with van der Waals surface area (Å²) in [6, 6.07) is 10.7. The van der Waals surface area contributed by atoms with Gasteiger partial charge in [0.25, 0.3) is 0 Å². The third-order valence-electron chi connectivity index (χ3n) is 3.53. The normalized spacial score (nSPS) is 13.5. The van der Waals surface area contributed by atoms with Crippen LogP contribution < -0.4 is 9.64 Å². The maximum absolute atomic E-state index is 11.4. The van der Waals surface area contributed by atoms with E-state index in [1.807, 2.05) is 29.2 Å². The molecular formula is C16H13Cl2NO3. The van der Waals surface area contributed by atoms with Crippen LogP contribution in [-0.4, -0.2) is 24.2 Å². The van der Waals surface area contributed by atoms with Gasteiger partial charge in [0.15, 0.2) is 5.75 Å². The third-order valence-corrected chi connectivity index (χ3v) is 4.12. The van der Waals surface area contributed by atoms with Gasteiger partial charge in [-0.3, -0.25) is 0 Å². The number of rotatable bonds is 3. The number of halogens is 2. The summed E-state index contributed by atoms with van der Waals surface area (Å²) in [5.74, 6) is -0.700. The zero-order valence-corrected chi connectivity index (χ0v) is 13.1. The van der Waals surface area contributed by atoms with Crippen molar-refractivity contribution in [1.29, 1.82) is 0 Å². The third kappa shape index (κ3) is 2.85. The number of aromatic carboxylic acids is 1. The van der Waals surface area contributed by atoms with E-state index < -0.39 is 5.97 Å². The van der Waals surface area contributed by atoms with Gasteiger partial charge in [-0.1, -0.05) is 41.4 Å². The minimum absolute atomic E-state index is 0.0753. The molecule has 3 rings (SSSR count). The van der Waals surface area contributed by atoms with E-state index in [9.17, 15) is 9.90 Å². The summed E-state index contributed by atoms with van der Waals surface area (Å²) in [6.45, 7) is 1.62. The van der Waals surface area contributed by atoms with Gasteiger partial charge in [0.2, 0.25) is 0 Å². The summed E-state index contributed by atoms with van der Waals surface area (Å²) >= 11 is 12.3. The molecule has 0 aliphatic carbocycles. The summed E-state index contributed by atoms with van der Waals surface area (Å²) in [5.41, 5.74) is 1.72. The first kappa shape index (κ1) is 15.0. The van der Waals surface area contributed by atoms with Gasteiger partial charge in [-0.05, 0) is 23.8 Å². The Morgan fingerprint density at radius 1 is 1.27 bits per heavy atom. The molecule has 0 radical (unpaired) electrons. The van der Waals surface area contributed by atoms with Gasteiger partial charge in [-0.2, -0.15) is 0 Å². The fourth-order valence-corrected chi connectivity index (χ4v) is 2.91. The first-order valence-electron chi connectivity index (χ1n) is 6.74. The molecule has 2 aromatic carbocycles. The first-order valence-corrected chi connectivity index (χ1v) is 7.50. The van der Waals surface area contributed by atoms with Crippen molar-refractivity contribution in [3.05, 3.63) is 57.6 Å². The maximum atomic E-state index is 11.4. The summed E-state index contributed by atoms with van der Waals surface area (Å²) in [7, 11) is 0. The average Bonchev–Trinajstić information content (AvgIpc) is 2.49. The number of anilines is 1. The van der Waals surface area contributed by atoms with Crippen LogP contribution >= 0.6 is 23.2 Å². The SMILES string of the molecule is O=C(O)c1cc(Cl)cc2c1OCCN2Cc1ccccc1Cl. The Bertz CT molecular complexity index is 733. The molecule has 0 saturated carbocycles. The average molecular weight is 338 g/mol. The van der Waals surface area contributed by atoms with E-state index in [1.54, 1.807) is 6.07 Å². The standard InChI is InChI=1S/C16H13Cl2NO3/c17-11-7-12(16(20)21)15-14(8-11)19(5-6-22-15)9-10-3-1-2-4-13(10)18/h1-4,7-8H,5-6,9H2,(H,20,21). The van der Waals surface area contributed by atoms with Crippen LogP contribution in [0.4, 0.5) is 5.69 Å². The van der Waals surface area contributed by atoms with Crippen LogP contribution in [0.5, 0.6) is 5.75 Å². The Labute approximate surface area is 137 Å². The predicted molar refractivity (Wildman–Crippen MR) is 86.4 cm³/mol. The second kappa shape index (κ2) is 6.07. The van der Waals surface area contributed by atoms with Crippen LogP contribution in [-0.2, 0) is 6.54 Å². The van der Waals surface area contributed by atoms with Crippen molar-refractivity contribution in [3.63, 3.8) is 0 Å². The first-order chi connectivity index (χ1) is 10.6. The van der Waals surface area contributed by atoms with E-state index in [2.05, 4.69) is 0 Å². The summed E-state index contributed by atoms with van der Waals surface area (Å²) in [5, 5.41) is 10.4. The van der Waals surface area contributed by atoms with Gasteiger partial charge in [0.05, 0.1) is 12.2 Å². The van der Waals surface area contributed by atoms with Crippen LogP contribution in [0.15, 0.2) is 36.4 Å². The fourth-order valence-electron chi connectivity index (χ4n) is 2.50. The molecule has 1 N–H and O–H groups in total. The molecule has 0 amide bonds. The minimum Gasteiger partial charge on any atom is -0.489 e. The Balaban J connectivity index is 2.01. The number of carboxylic acid groups (broad SMARTS) is 1. The van der Waals surface area contributed by atoms with Crippen molar-refractivity contribution in [2.45, 2.75) is 6.54 Å².